The van der Waals surface area contributed by atoms with Gasteiger partial charge >= 0.3 is 0 Å². The number of nitrogens with zero attached hydrogens (tertiary/aromatic N) is 2. The number of aryl methyl sites for hydroxylation is 1. The van der Waals surface area contributed by atoms with Crippen molar-refractivity contribution in [2.24, 2.45) is 0 Å². The molecule has 1 amide bonds. The van der Waals surface area contributed by atoms with Crippen molar-refractivity contribution in [3.63, 3.8) is 0 Å². The van der Waals surface area contributed by atoms with Crippen LogP contribution in [-0.4, -0.2) is 34.8 Å². The molecule has 0 radical (unpaired) electrons. The highest BCUT2D eigenvalue weighted by Gasteiger charge is 2.46. The Morgan fingerprint density at radius 2 is 1.56 bits per heavy atom. The number of carbonyl (C=O) groups excluding carboxylic acids is 2. The van der Waals surface area contributed by atoms with Gasteiger partial charge in [-0.2, -0.15) is 0 Å². The summed E-state index contributed by atoms with van der Waals surface area (Å²) >= 11 is 0. The Morgan fingerprint density at radius 3 is 2.13 bits per heavy atom. The van der Waals surface area contributed by atoms with E-state index in [9.17, 15) is 19.1 Å². The molecule has 1 N–H and O–H groups in total. The van der Waals surface area contributed by atoms with Crippen LogP contribution < -0.4 is 4.90 Å². The lowest BCUT2D eigenvalue weighted by Gasteiger charge is -2.27. The maximum absolute atomic E-state index is 13.6. The average molecular weight is 529 g/mol. The zero-order valence-electron chi connectivity index (χ0n) is 23.6. The van der Waals surface area contributed by atoms with Crippen molar-refractivity contribution in [2.45, 2.75) is 59.5 Å². The van der Waals surface area contributed by atoms with Crippen molar-refractivity contribution in [3.8, 4) is 0 Å². The number of Topliss-reactive ketones (excluding diaryl/α,β-unsaturated/α-hetero) is 1. The van der Waals surface area contributed by atoms with Gasteiger partial charge in [-0.05, 0) is 78.8 Å². The second-order valence-electron chi connectivity index (χ2n) is 11.1. The Bertz CT molecular complexity index is 1400. The summed E-state index contributed by atoms with van der Waals surface area (Å²) in [6.07, 6.45) is 0. The minimum Gasteiger partial charge on any atom is -0.507 e. The van der Waals surface area contributed by atoms with Gasteiger partial charge in [0.25, 0.3) is 11.7 Å². The molecule has 5 nitrogen and oxygen atoms in total. The molecule has 0 saturated carbocycles. The lowest BCUT2D eigenvalue weighted by Crippen LogP contribution is -2.29. The Morgan fingerprint density at radius 1 is 0.949 bits per heavy atom. The minimum absolute atomic E-state index is 0.0619. The smallest absolute Gasteiger partial charge is 0.295 e. The number of hydrogen-bond donors (Lipinski definition) is 1. The highest BCUT2D eigenvalue weighted by atomic mass is 19.1. The lowest BCUT2D eigenvalue weighted by atomic mass is 9.84. The van der Waals surface area contributed by atoms with Gasteiger partial charge in [0.05, 0.1) is 11.6 Å². The first-order valence-electron chi connectivity index (χ1n) is 13.5. The summed E-state index contributed by atoms with van der Waals surface area (Å²) < 4.78 is 13.6. The van der Waals surface area contributed by atoms with Crippen LogP contribution in [0.3, 0.4) is 0 Å². The number of aliphatic hydroxyl groups is 1. The van der Waals surface area contributed by atoms with Crippen LogP contribution in [0.1, 0.15) is 68.5 Å². The van der Waals surface area contributed by atoms with E-state index >= 15 is 0 Å². The number of aliphatic hydroxyl groups excluding tert-OH is 1. The molecule has 6 heteroatoms. The lowest BCUT2D eigenvalue weighted by molar-refractivity contribution is -0.140. The fourth-order valence-corrected chi connectivity index (χ4v) is 5.12. The molecule has 0 aliphatic carbocycles. The van der Waals surface area contributed by atoms with Crippen LogP contribution in [0.15, 0.2) is 72.3 Å². The predicted octanol–water partition coefficient (Wildman–Crippen LogP) is 6.90. The number of rotatable bonds is 7. The fraction of sp³-hybridized carbons (Fsp3) is 0.333. The van der Waals surface area contributed by atoms with Crippen molar-refractivity contribution in [1.29, 1.82) is 0 Å². The molecular weight excluding hydrogens is 491 g/mol. The van der Waals surface area contributed by atoms with E-state index in [0.717, 1.165) is 35.5 Å². The van der Waals surface area contributed by atoms with Gasteiger partial charge in [-0.25, -0.2) is 4.39 Å². The van der Waals surface area contributed by atoms with E-state index < -0.39 is 17.7 Å². The SMILES string of the molecule is CCN(CC)c1ccc(C2/C(=C(\O)c3cc(C(C)(C)C)ccc3C)C(=O)C(=O)N2Cc2ccc(F)cc2)cc1. The van der Waals surface area contributed by atoms with Gasteiger partial charge in [-0.1, -0.05) is 57.2 Å². The van der Waals surface area contributed by atoms with Gasteiger partial charge in [0.2, 0.25) is 0 Å². The fourth-order valence-electron chi connectivity index (χ4n) is 5.12. The first-order valence-corrected chi connectivity index (χ1v) is 13.5. The van der Waals surface area contributed by atoms with Crippen LogP contribution in [0.25, 0.3) is 5.76 Å². The molecule has 1 aliphatic rings. The zero-order valence-corrected chi connectivity index (χ0v) is 23.6. The van der Waals surface area contributed by atoms with E-state index in [1.54, 1.807) is 12.1 Å². The van der Waals surface area contributed by atoms with E-state index in [-0.39, 0.29) is 29.1 Å². The number of carbonyl (C=O) groups is 2. The summed E-state index contributed by atoms with van der Waals surface area (Å²) in [5, 5.41) is 11.7. The molecule has 1 atom stereocenters. The summed E-state index contributed by atoms with van der Waals surface area (Å²) in [7, 11) is 0. The maximum Gasteiger partial charge on any atom is 0.295 e. The monoisotopic (exact) mass is 528 g/mol. The Hall–Kier alpha value is -3.93. The Labute approximate surface area is 230 Å². The third-order valence-corrected chi connectivity index (χ3v) is 7.50. The number of hydrogen-bond acceptors (Lipinski definition) is 4. The summed E-state index contributed by atoms with van der Waals surface area (Å²) in [5.41, 5.74) is 4.69. The Balaban J connectivity index is 1.88. The van der Waals surface area contributed by atoms with Crippen LogP contribution in [-0.2, 0) is 21.5 Å². The molecule has 0 spiro atoms. The average Bonchev–Trinajstić information content (AvgIpc) is 3.15. The number of halogens is 1. The molecule has 1 fully saturated rings. The Kier molecular flexibility index (Phi) is 7.96. The molecule has 0 aromatic heterocycles. The van der Waals surface area contributed by atoms with E-state index in [1.807, 2.05) is 49.4 Å². The van der Waals surface area contributed by atoms with Gasteiger partial charge < -0.3 is 14.9 Å². The summed E-state index contributed by atoms with van der Waals surface area (Å²) in [6.45, 7) is 14.1. The first kappa shape index (κ1) is 28.1. The number of anilines is 1. The second kappa shape index (κ2) is 11.0. The second-order valence-corrected chi connectivity index (χ2v) is 11.1. The van der Waals surface area contributed by atoms with Crippen molar-refractivity contribution >= 4 is 23.1 Å². The highest BCUT2D eigenvalue weighted by Crippen LogP contribution is 2.41. The third-order valence-electron chi connectivity index (χ3n) is 7.50. The number of benzene rings is 3. The third kappa shape index (κ3) is 5.60. The van der Waals surface area contributed by atoms with Crippen molar-refractivity contribution in [3.05, 3.63) is 106 Å². The molecule has 39 heavy (non-hydrogen) atoms. The number of amides is 1. The highest BCUT2D eigenvalue weighted by molar-refractivity contribution is 6.46. The zero-order chi connectivity index (χ0) is 28.5. The number of ketones is 1. The molecule has 0 bridgehead atoms. The van der Waals surface area contributed by atoms with Crippen LogP contribution in [0, 0.1) is 12.7 Å². The number of likely N-dealkylation sites (tertiary alicyclic amines) is 1. The molecule has 1 unspecified atom stereocenters. The van der Waals surface area contributed by atoms with Gasteiger partial charge in [0, 0.05) is 30.9 Å². The van der Waals surface area contributed by atoms with Crippen molar-refractivity contribution in [1.82, 2.24) is 4.90 Å². The molecular formula is C33H37FN2O3. The summed E-state index contributed by atoms with van der Waals surface area (Å²) in [4.78, 5) is 30.7. The van der Waals surface area contributed by atoms with Crippen molar-refractivity contribution < 1.29 is 19.1 Å². The van der Waals surface area contributed by atoms with Gasteiger partial charge in [-0.3, -0.25) is 9.59 Å². The minimum atomic E-state index is -0.793. The molecule has 1 heterocycles. The predicted molar refractivity (Wildman–Crippen MR) is 154 cm³/mol. The molecule has 1 saturated heterocycles. The molecule has 204 valence electrons. The molecule has 3 aromatic rings. The van der Waals surface area contributed by atoms with E-state index in [0.29, 0.717) is 11.1 Å². The van der Waals surface area contributed by atoms with E-state index in [2.05, 4.69) is 39.5 Å². The van der Waals surface area contributed by atoms with Gasteiger partial charge in [-0.15, -0.1) is 0 Å². The largest absolute Gasteiger partial charge is 0.507 e. The topological polar surface area (TPSA) is 60.9 Å². The van der Waals surface area contributed by atoms with E-state index in [4.69, 9.17) is 0 Å². The van der Waals surface area contributed by atoms with Crippen LogP contribution in [0.2, 0.25) is 0 Å². The first-order chi connectivity index (χ1) is 18.5. The molecule has 1 aliphatic heterocycles. The normalized spacial score (nSPS) is 17.1. The van der Waals surface area contributed by atoms with Crippen LogP contribution in [0.5, 0.6) is 0 Å². The summed E-state index contributed by atoms with van der Waals surface area (Å²) in [5.74, 6) is -1.98. The van der Waals surface area contributed by atoms with Gasteiger partial charge in [0.15, 0.2) is 0 Å². The van der Waals surface area contributed by atoms with Gasteiger partial charge in [0.1, 0.15) is 11.6 Å². The van der Waals surface area contributed by atoms with E-state index in [1.165, 1.54) is 17.0 Å². The maximum atomic E-state index is 13.6. The standard InChI is InChI=1S/C33H37FN2O3/c1-7-35(8-2)26-17-12-23(13-18-26)29-28(30(37)27-19-24(33(4,5)6)14-9-21(27)3)31(38)32(39)36(29)20-22-10-15-25(34)16-11-22/h9-19,29,37H,7-8,20H2,1-6H3/b30-28+. The quantitative estimate of drug-likeness (QED) is 0.206. The summed E-state index contributed by atoms with van der Waals surface area (Å²) in [6, 6.07) is 18.7. The van der Waals surface area contributed by atoms with Crippen molar-refractivity contribution in [2.75, 3.05) is 18.0 Å². The molecule has 3 aromatic carbocycles. The molecule has 4 rings (SSSR count). The van der Waals surface area contributed by atoms with Crippen LogP contribution >= 0.6 is 0 Å². The van der Waals surface area contributed by atoms with Crippen LogP contribution in [0.4, 0.5) is 10.1 Å².